The third-order valence-corrected chi connectivity index (χ3v) is 2.41. The first kappa shape index (κ1) is 9.71. The van der Waals surface area contributed by atoms with Gasteiger partial charge in [-0.25, -0.2) is 0 Å². The highest BCUT2D eigenvalue weighted by atomic mass is 16.2. The van der Waals surface area contributed by atoms with Gasteiger partial charge >= 0.3 is 0 Å². The average Bonchev–Trinajstić information content (AvgIpc) is 2.26. The number of nitrogens with zero attached hydrogens (tertiary/aromatic N) is 1. The van der Waals surface area contributed by atoms with Crippen LogP contribution in [0.15, 0.2) is 54.8 Å². The first-order chi connectivity index (χ1) is 7.27. The summed E-state index contributed by atoms with van der Waals surface area (Å²) in [6, 6.07) is 9.94. The van der Waals surface area contributed by atoms with Crippen LogP contribution in [0.2, 0.25) is 0 Å². The van der Waals surface area contributed by atoms with Crippen molar-refractivity contribution in [3.63, 3.8) is 0 Å². The predicted molar refractivity (Wildman–Crippen MR) is 59.9 cm³/mol. The van der Waals surface area contributed by atoms with Gasteiger partial charge in [0, 0.05) is 11.8 Å². The summed E-state index contributed by atoms with van der Waals surface area (Å²) in [4.78, 5) is 13.4. The van der Waals surface area contributed by atoms with Crippen LogP contribution in [0.3, 0.4) is 0 Å². The van der Waals surface area contributed by atoms with E-state index in [1.165, 1.54) is 0 Å². The number of amides is 1. The zero-order valence-electron chi connectivity index (χ0n) is 8.52. The van der Waals surface area contributed by atoms with E-state index in [1.807, 2.05) is 42.6 Å². The van der Waals surface area contributed by atoms with Crippen molar-refractivity contribution in [1.82, 2.24) is 4.90 Å². The van der Waals surface area contributed by atoms with Gasteiger partial charge < -0.3 is 4.90 Å². The fourth-order valence-corrected chi connectivity index (χ4v) is 1.58. The van der Waals surface area contributed by atoms with E-state index in [0.717, 1.165) is 5.56 Å². The van der Waals surface area contributed by atoms with Crippen molar-refractivity contribution in [3.05, 3.63) is 60.3 Å². The largest absolute Gasteiger partial charge is 0.311 e. The SMILES string of the molecule is C=C1CC=CN(Cc2ccccc2)C1=O. The lowest BCUT2D eigenvalue weighted by atomic mass is 10.1. The van der Waals surface area contributed by atoms with Crippen LogP contribution in [-0.4, -0.2) is 10.8 Å². The minimum atomic E-state index is 0.0290. The highest BCUT2D eigenvalue weighted by molar-refractivity contribution is 5.94. The van der Waals surface area contributed by atoms with Crippen molar-refractivity contribution in [2.75, 3.05) is 0 Å². The van der Waals surface area contributed by atoms with Gasteiger partial charge in [0.05, 0.1) is 6.54 Å². The highest BCUT2D eigenvalue weighted by Crippen LogP contribution is 2.15. The molecular formula is C13H13NO. The molecule has 0 radical (unpaired) electrons. The van der Waals surface area contributed by atoms with Gasteiger partial charge in [-0.05, 0) is 12.0 Å². The Balaban J connectivity index is 2.13. The highest BCUT2D eigenvalue weighted by Gasteiger charge is 2.17. The van der Waals surface area contributed by atoms with E-state index in [9.17, 15) is 4.79 Å². The molecular weight excluding hydrogens is 186 g/mol. The number of benzene rings is 1. The van der Waals surface area contributed by atoms with Gasteiger partial charge in [-0.3, -0.25) is 4.79 Å². The van der Waals surface area contributed by atoms with E-state index in [2.05, 4.69) is 6.58 Å². The third kappa shape index (κ3) is 2.15. The molecule has 2 heteroatoms. The number of hydrogen-bond acceptors (Lipinski definition) is 1. The lowest BCUT2D eigenvalue weighted by molar-refractivity contribution is -0.125. The summed E-state index contributed by atoms with van der Waals surface area (Å²) in [5.41, 5.74) is 1.79. The molecule has 1 aliphatic rings. The first-order valence-corrected chi connectivity index (χ1v) is 4.97. The van der Waals surface area contributed by atoms with Gasteiger partial charge in [0.2, 0.25) is 0 Å². The molecule has 15 heavy (non-hydrogen) atoms. The van der Waals surface area contributed by atoms with Crippen LogP contribution < -0.4 is 0 Å². The van der Waals surface area contributed by atoms with Gasteiger partial charge in [-0.15, -0.1) is 0 Å². The third-order valence-electron chi connectivity index (χ3n) is 2.41. The molecule has 0 saturated carbocycles. The molecule has 1 aromatic carbocycles. The summed E-state index contributed by atoms with van der Waals surface area (Å²) in [6.07, 6.45) is 4.47. The monoisotopic (exact) mass is 199 g/mol. The van der Waals surface area contributed by atoms with Crippen LogP contribution in [-0.2, 0) is 11.3 Å². The Morgan fingerprint density at radius 2 is 2.00 bits per heavy atom. The molecule has 0 spiro atoms. The topological polar surface area (TPSA) is 20.3 Å². The number of allylic oxidation sites excluding steroid dienone is 1. The fourth-order valence-electron chi connectivity index (χ4n) is 1.58. The van der Waals surface area contributed by atoms with Crippen LogP contribution in [0.5, 0.6) is 0 Å². The van der Waals surface area contributed by atoms with E-state index in [4.69, 9.17) is 0 Å². The van der Waals surface area contributed by atoms with E-state index < -0.39 is 0 Å². The average molecular weight is 199 g/mol. The minimum Gasteiger partial charge on any atom is -0.311 e. The maximum Gasteiger partial charge on any atom is 0.253 e. The van der Waals surface area contributed by atoms with Crippen molar-refractivity contribution >= 4 is 5.91 Å². The van der Waals surface area contributed by atoms with Gasteiger partial charge in [-0.1, -0.05) is 43.0 Å². The second-order valence-electron chi connectivity index (χ2n) is 3.61. The molecule has 0 aliphatic carbocycles. The molecule has 1 heterocycles. The Morgan fingerprint density at radius 3 is 2.73 bits per heavy atom. The van der Waals surface area contributed by atoms with Crippen molar-refractivity contribution in [1.29, 1.82) is 0 Å². The summed E-state index contributed by atoms with van der Waals surface area (Å²) >= 11 is 0. The maximum atomic E-state index is 11.7. The Bertz CT molecular complexity index is 406. The van der Waals surface area contributed by atoms with Crippen LogP contribution in [0.1, 0.15) is 12.0 Å². The van der Waals surface area contributed by atoms with Crippen LogP contribution in [0, 0.1) is 0 Å². The molecule has 2 rings (SSSR count). The van der Waals surface area contributed by atoms with Crippen LogP contribution in [0.4, 0.5) is 0 Å². The summed E-state index contributed by atoms with van der Waals surface area (Å²) in [5, 5.41) is 0. The van der Waals surface area contributed by atoms with Gasteiger partial charge in [0.25, 0.3) is 5.91 Å². The molecule has 0 aromatic heterocycles. The van der Waals surface area contributed by atoms with Gasteiger partial charge in [-0.2, -0.15) is 0 Å². The summed E-state index contributed by atoms with van der Waals surface area (Å²) in [7, 11) is 0. The molecule has 2 nitrogen and oxygen atoms in total. The van der Waals surface area contributed by atoms with E-state index in [0.29, 0.717) is 18.5 Å². The molecule has 0 unspecified atom stereocenters. The fraction of sp³-hybridized carbons (Fsp3) is 0.154. The molecule has 0 atom stereocenters. The minimum absolute atomic E-state index is 0.0290. The second kappa shape index (κ2) is 4.13. The van der Waals surface area contributed by atoms with E-state index >= 15 is 0 Å². The number of rotatable bonds is 2. The Hall–Kier alpha value is -1.83. The predicted octanol–water partition coefficient (Wildman–Crippen LogP) is 2.49. The molecule has 0 bridgehead atoms. The first-order valence-electron chi connectivity index (χ1n) is 4.97. The van der Waals surface area contributed by atoms with E-state index in [1.54, 1.807) is 4.90 Å². The smallest absolute Gasteiger partial charge is 0.253 e. The zero-order chi connectivity index (χ0) is 10.7. The Kier molecular flexibility index (Phi) is 2.68. The number of carbonyl (C=O) groups excluding carboxylic acids is 1. The number of carbonyl (C=O) groups is 1. The molecule has 1 aliphatic heterocycles. The lowest BCUT2D eigenvalue weighted by Crippen LogP contribution is -2.28. The number of hydrogen-bond donors (Lipinski definition) is 0. The summed E-state index contributed by atoms with van der Waals surface area (Å²) in [6.45, 7) is 4.36. The van der Waals surface area contributed by atoms with Gasteiger partial charge in [0.15, 0.2) is 0 Å². The molecule has 76 valence electrons. The molecule has 0 saturated heterocycles. The van der Waals surface area contributed by atoms with Crippen LogP contribution in [0.25, 0.3) is 0 Å². The second-order valence-corrected chi connectivity index (χ2v) is 3.61. The Morgan fingerprint density at radius 1 is 1.27 bits per heavy atom. The van der Waals surface area contributed by atoms with Crippen molar-refractivity contribution in [3.8, 4) is 0 Å². The standard InChI is InChI=1S/C13H13NO/c1-11-6-5-9-14(13(11)15)10-12-7-3-2-4-8-12/h2-5,7-9H,1,6,10H2. The molecule has 1 aromatic rings. The van der Waals surface area contributed by atoms with Gasteiger partial charge in [0.1, 0.15) is 0 Å². The summed E-state index contributed by atoms with van der Waals surface area (Å²) < 4.78 is 0. The van der Waals surface area contributed by atoms with Crippen molar-refractivity contribution in [2.45, 2.75) is 13.0 Å². The van der Waals surface area contributed by atoms with Crippen molar-refractivity contribution in [2.24, 2.45) is 0 Å². The zero-order valence-corrected chi connectivity index (χ0v) is 8.52. The summed E-state index contributed by atoms with van der Waals surface area (Å²) in [5.74, 6) is 0.0290. The lowest BCUT2D eigenvalue weighted by Gasteiger charge is -2.22. The molecule has 1 amide bonds. The normalized spacial score (nSPS) is 15.9. The quantitative estimate of drug-likeness (QED) is 0.670. The molecule has 0 fully saturated rings. The maximum absolute atomic E-state index is 11.7. The van der Waals surface area contributed by atoms with Crippen LogP contribution >= 0.6 is 0 Å². The van der Waals surface area contributed by atoms with Crippen molar-refractivity contribution < 1.29 is 4.79 Å². The Labute approximate surface area is 89.5 Å². The van der Waals surface area contributed by atoms with E-state index in [-0.39, 0.29) is 5.91 Å². The molecule has 0 N–H and O–H groups in total.